The third-order valence-corrected chi connectivity index (χ3v) is 4.37. The maximum Gasteiger partial charge on any atom is 0.412 e. The molecule has 0 atom stereocenters. The van der Waals surface area contributed by atoms with Crippen molar-refractivity contribution in [3.05, 3.63) is 70.8 Å². The number of hydrogen-bond acceptors (Lipinski definition) is 7. The molecule has 0 aromatic heterocycles. The summed E-state index contributed by atoms with van der Waals surface area (Å²) in [6.45, 7) is 7.59. The van der Waals surface area contributed by atoms with Gasteiger partial charge in [0.15, 0.2) is 0 Å². The van der Waals surface area contributed by atoms with Crippen molar-refractivity contribution in [3.63, 3.8) is 0 Å². The summed E-state index contributed by atoms with van der Waals surface area (Å²) in [5, 5.41) is 22.6. The second kappa shape index (κ2) is 9.89. The highest BCUT2D eigenvalue weighted by Crippen LogP contribution is 2.26. The number of carbonyl (C=O) groups excluding carboxylic acids is 2. The Kier molecular flexibility index (Phi) is 7.31. The van der Waals surface area contributed by atoms with Crippen LogP contribution in [0.3, 0.4) is 0 Å². The number of hydrogen-bond donors (Lipinski definition) is 3. The molecule has 0 bridgehead atoms. The van der Waals surface area contributed by atoms with Crippen LogP contribution in [0.1, 0.15) is 27.8 Å². The zero-order valence-corrected chi connectivity index (χ0v) is 16.7. The molecule has 0 radical (unpaired) electrons. The fourth-order valence-corrected chi connectivity index (χ4v) is 2.99. The molecule has 0 spiro atoms. The summed E-state index contributed by atoms with van der Waals surface area (Å²) in [5.41, 5.74) is 12.2. The van der Waals surface area contributed by atoms with Gasteiger partial charge in [-0.15, -0.1) is 6.58 Å². The summed E-state index contributed by atoms with van der Waals surface area (Å²) in [7, 11) is 0. The first kappa shape index (κ1) is 22.2. The number of nitrogens with two attached hydrogens (primary N) is 1. The maximum atomic E-state index is 11.6. The normalized spacial score (nSPS) is 10.8. The number of allylic oxidation sites excluding steroid dienone is 1. The average molecular weight is 406 g/mol. The molecule has 0 saturated heterocycles. The summed E-state index contributed by atoms with van der Waals surface area (Å²) < 4.78 is 4.14. The van der Waals surface area contributed by atoms with Crippen LogP contribution in [-0.4, -0.2) is 22.9 Å². The van der Waals surface area contributed by atoms with Gasteiger partial charge in [0.2, 0.25) is 5.71 Å². The number of aryl methyl sites for hydroxylation is 2. The van der Waals surface area contributed by atoms with E-state index in [4.69, 9.17) is 11.0 Å². The Morgan fingerprint density at radius 2 is 1.97 bits per heavy atom. The second-order valence-corrected chi connectivity index (χ2v) is 6.61. The van der Waals surface area contributed by atoms with Gasteiger partial charge in [-0.2, -0.15) is 10.4 Å². The zero-order valence-electron chi connectivity index (χ0n) is 16.7. The number of benzene rings is 2. The molecule has 30 heavy (non-hydrogen) atoms. The second-order valence-electron chi connectivity index (χ2n) is 6.61. The number of esters is 1. The van der Waals surface area contributed by atoms with Crippen molar-refractivity contribution >= 4 is 23.5 Å². The number of hydrazone groups is 1. The van der Waals surface area contributed by atoms with Gasteiger partial charge in [0.25, 0.3) is 0 Å². The quantitative estimate of drug-likeness (QED) is 0.212. The predicted molar refractivity (Wildman–Crippen MR) is 113 cm³/mol. The molecule has 2 aromatic rings. The number of nitriles is 1. The Labute approximate surface area is 174 Å². The molecule has 4 N–H and O–H groups in total. The third kappa shape index (κ3) is 5.69. The average Bonchev–Trinajstić information content (AvgIpc) is 2.67. The Hall–Kier alpha value is -4.12. The van der Waals surface area contributed by atoms with E-state index < -0.39 is 17.8 Å². The first-order valence-electron chi connectivity index (χ1n) is 9.02. The maximum absolute atomic E-state index is 11.6. The van der Waals surface area contributed by atoms with Gasteiger partial charge < -0.3 is 15.6 Å². The molecule has 0 heterocycles. The topological polar surface area (TPSA) is 138 Å². The Bertz CT molecular complexity index is 1040. The smallest absolute Gasteiger partial charge is 0.412 e. The number of ether oxygens (including phenoxy) is 1. The number of amides is 1. The fourth-order valence-electron chi connectivity index (χ4n) is 2.99. The van der Waals surface area contributed by atoms with Gasteiger partial charge in [-0.1, -0.05) is 18.2 Å². The van der Waals surface area contributed by atoms with Crippen LogP contribution in [0.2, 0.25) is 0 Å². The molecule has 0 aliphatic heterocycles. The van der Waals surface area contributed by atoms with Crippen molar-refractivity contribution in [1.29, 1.82) is 5.26 Å². The first-order chi connectivity index (χ1) is 14.2. The van der Waals surface area contributed by atoms with Crippen LogP contribution in [0.4, 0.5) is 10.5 Å². The highest BCUT2D eigenvalue weighted by atomic mass is 16.6. The van der Waals surface area contributed by atoms with Crippen LogP contribution in [0.25, 0.3) is 0 Å². The number of nitrogens with one attached hydrogen (secondary N) is 1. The minimum atomic E-state index is -1.32. The minimum absolute atomic E-state index is 0.243. The molecule has 0 fully saturated rings. The highest BCUT2D eigenvalue weighted by Gasteiger charge is 2.16. The van der Waals surface area contributed by atoms with Gasteiger partial charge in [0.05, 0.1) is 5.69 Å². The molecule has 8 heteroatoms. The molecule has 154 valence electrons. The number of phenols is 1. The zero-order chi connectivity index (χ0) is 22.3. The lowest BCUT2D eigenvalue weighted by atomic mass is 9.94. The molecular formula is C22H22N4O4. The molecule has 2 aromatic carbocycles. The number of carbonyl (C=O) groups is 2. The molecular weight excluding hydrogens is 384 g/mol. The summed E-state index contributed by atoms with van der Waals surface area (Å²) >= 11 is 0. The van der Waals surface area contributed by atoms with Crippen LogP contribution >= 0.6 is 0 Å². The Balaban J connectivity index is 2.23. The standard InChI is InChI=1S/C22H22N4O4/c1-4-5-16-10-15(6-7-20(16)27)11-18-13(2)8-17(9-14(18)3)25-26-19(12-23)21(28)30-22(24)29/h4,6-10,25,27H,1,5,11H2,2-3H3,(H2,24,29). The van der Waals surface area contributed by atoms with Gasteiger partial charge in [0, 0.05) is 0 Å². The van der Waals surface area contributed by atoms with E-state index in [9.17, 15) is 14.7 Å². The van der Waals surface area contributed by atoms with Crippen molar-refractivity contribution in [3.8, 4) is 11.8 Å². The van der Waals surface area contributed by atoms with E-state index in [-0.39, 0.29) is 5.75 Å². The van der Waals surface area contributed by atoms with Gasteiger partial charge in [-0.3, -0.25) is 5.43 Å². The van der Waals surface area contributed by atoms with E-state index in [1.54, 1.807) is 18.2 Å². The largest absolute Gasteiger partial charge is 0.508 e. The number of phenolic OH excluding ortho intramolecular Hbond substituents is 1. The lowest BCUT2D eigenvalue weighted by molar-refractivity contribution is -0.129. The van der Waals surface area contributed by atoms with Crippen LogP contribution in [-0.2, 0) is 22.4 Å². The van der Waals surface area contributed by atoms with E-state index in [0.29, 0.717) is 18.5 Å². The molecule has 2 rings (SSSR count). The first-order valence-corrected chi connectivity index (χ1v) is 9.02. The Morgan fingerprint density at radius 3 is 2.53 bits per heavy atom. The monoisotopic (exact) mass is 406 g/mol. The summed E-state index contributed by atoms with van der Waals surface area (Å²) in [5.74, 6) is -0.988. The molecule has 0 aliphatic carbocycles. The van der Waals surface area contributed by atoms with Crippen LogP contribution in [0.5, 0.6) is 5.75 Å². The van der Waals surface area contributed by atoms with Crippen LogP contribution in [0.15, 0.2) is 48.1 Å². The van der Waals surface area contributed by atoms with E-state index in [1.165, 1.54) is 0 Å². The predicted octanol–water partition coefficient (Wildman–Crippen LogP) is 3.24. The van der Waals surface area contributed by atoms with Crippen molar-refractivity contribution in [2.24, 2.45) is 10.8 Å². The van der Waals surface area contributed by atoms with Gasteiger partial charge in [0.1, 0.15) is 11.8 Å². The van der Waals surface area contributed by atoms with Gasteiger partial charge >= 0.3 is 12.1 Å². The number of anilines is 1. The Morgan fingerprint density at radius 1 is 1.30 bits per heavy atom. The van der Waals surface area contributed by atoms with Crippen molar-refractivity contribution in [2.45, 2.75) is 26.7 Å². The van der Waals surface area contributed by atoms with Gasteiger partial charge in [-0.05, 0) is 72.7 Å². The summed E-state index contributed by atoms with van der Waals surface area (Å²) in [6, 6.07) is 10.7. The van der Waals surface area contributed by atoms with E-state index >= 15 is 0 Å². The lowest BCUT2D eigenvalue weighted by Gasteiger charge is -2.14. The number of nitrogens with zero attached hydrogens (tertiary/aromatic N) is 2. The molecule has 0 saturated carbocycles. The van der Waals surface area contributed by atoms with E-state index in [1.807, 2.05) is 38.1 Å². The SMILES string of the molecule is C=CCc1cc(Cc2c(C)cc(NN=C(C#N)C(=O)OC(N)=O)cc2C)ccc1O. The van der Waals surface area contributed by atoms with Crippen LogP contribution in [0, 0.1) is 25.2 Å². The fraction of sp³-hybridized carbons (Fsp3) is 0.182. The summed E-state index contributed by atoms with van der Waals surface area (Å²) in [6.07, 6.45) is 1.67. The van der Waals surface area contributed by atoms with Crippen molar-refractivity contribution < 1.29 is 19.4 Å². The van der Waals surface area contributed by atoms with Crippen molar-refractivity contribution in [1.82, 2.24) is 0 Å². The van der Waals surface area contributed by atoms with Crippen molar-refractivity contribution in [2.75, 3.05) is 5.43 Å². The minimum Gasteiger partial charge on any atom is -0.508 e. The number of aromatic hydroxyl groups is 1. The van der Waals surface area contributed by atoms with Gasteiger partial charge in [-0.25, -0.2) is 9.59 Å². The third-order valence-electron chi connectivity index (χ3n) is 4.37. The van der Waals surface area contributed by atoms with Crippen LogP contribution < -0.4 is 11.2 Å². The number of primary amides is 1. The number of rotatable bonds is 7. The van der Waals surface area contributed by atoms with E-state index in [2.05, 4.69) is 21.8 Å². The highest BCUT2D eigenvalue weighted by molar-refractivity contribution is 6.44. The lowest BCUT2D eigenvalue weighted by Crippen LogP contribution is -2.24. The molecule has 0 unspecified atom stereocenters. The molecule has 0 aliphatic rings. The summed E-state index contributed by atoms with van der Waals surface area (Å²) in [4.78, 5) is 22.2. The molecule has 8 nitrogen and oxygen atoms in total. The molecule has 1 amide bonds. The van der Waals surface area contributed by atoms with E-state index in [0.717, 1.165) is 27.8 Å².